The number of hydrogen-bond acceptors (Lipinski definition) is 3. The maximum atomic E-state index is 12.9. The van der Waals surface area contributed by atoms with Gasteiger partial charge in [0, 0.05) is 6.07 Å². The minimum absolute atomic E-state index is 0.127. The van der Waals surface area contributed by atoms with Gasteiger partial charge in [0.1, 0.15) is 0 Å². The number of hydrogen-bond donors (Lipinski definition) is 2. The lowest BCUT2D eigenvalue weighted by Gasteiger charge is -2.04. The lowest BCUT2D eigenvalue weighted by atomic mass is 10.1. The van der Waals surface area contributed by atoms with Crippen molar-refractivity contribution in [2.45, 2.75) is 6.42 Å². The number of benzene rings is 1. The third kappa shape index (κ3) is 3.44. The van der Waals surface area contributed by atoms with E-state index in [4.69, 9.17) is 0 Å². The molecule has 2 rings (SSSR count). The fourth-order valence-corrected chi connectivity index (χ4v) is 1.44. The molecule has 1 aromatic heterocycles. The molecule has 19 heavy (non-hydrogen) atoms. The minimum atomic E-state index is -1.01. The highest BCUT2D eigenvalue weighted by Gasteiger charge is 2.08. The molecule has 0 fully saturated rings. The van der Waals surface area contributed by atoms with Gasteiger partial charge in [0.2, 0.25) is 5.91 Å². The molecule has 0 saturated heterocycles. The standard InChI is InChI=1S/C12H9F2N3O2/c13-8-2-1-7(5-9(8)14)6-12(19)15-10-3-4-11(18)17-16-10/h1-5H,6H2,(H,17,18)(H,15,16,19). The predicted octanol–water partition coefficient (Wildman–Crippen LogP) is 1.23. The number of H-pyrrole nitrogens is 1. The first-order valence-corrected chi connectivity index (χ1v) is 5.34. The highest BCUT2D eigenvalue weighted by molar-refractivity contribution is 5.91. The minimum Gasteiger partial charge on any atom is -0.309 e. The Kier molecular flexibility index (Phi) is 3.65. The van der Waals surface area contributed by atoms with Crippen molar-refractivity contribution < 1.29 is 13.6 Å². The highest BCUT2D eigenvalue weighted by atomic mass is 19.2. The molecule has 0 aliphatic heterocycles. The Morgan fingerprint density at radius 2 is 2.00 bits per heavy atom. The van der Waals surface area contributed by atoms with Crippen molar-refractivity contribution >= 4 is 11.7 Å². The summed E-state index contributed by atoms with van der Waals surface area (Å²) in [6.45, 7) is 0. The maximum Gasteiger partial charge on any atom is 0.264 e. The molecule has 0 unspecified atom stereocenters. The van der Waals surface area contributed by atoms with Crippen molar-refractivity contribution in [3.63, 3.8) is 0 Å². The summed E-state index contributed by atoms with van der Waals surface area (Å²) in [4.78, 5) is 22.4. The molecule has 2 N–H and O–H groups in total. The summed E-state index contributed by atoms with van der Waals surface area (Å²) in [6.07, 6.45) is -0.127. The number of nitrogens with one attached hydrogen (secondary N) is 2. The van der Waals surface area contributed by atoms with Gasteiger partial charge >= 0.3 is 0 Å². The van der Waals surface area contributed by atoms with E-state index in [0.29, 0.717) is 5.56 Å². The zero-order valence-corrected chi connectivity index (χ0v) is 9.61. The molecule has 98 valence electrons. The molecule has 0 bridgehead atoms. The Balaban J connectivity index is 2.03. The number of aromatic nitrogens is 2. The zero-order chi connectivity index (χ0) is 13.8. The van der Waals surface area contributed by atoms with Crippen molar-refractivity contribution in [2.24, 2.45) is 0 Å². The summed E-state index contributed by atoms with van der Waals surface area (Å²) in [5, 5.41) is 8.16. The molecule has 7 heteroatoms. The quantitative estimate of drug-likeness (QED) is 0.876. The molecule has 0 radical (unpaired) electrons. The molecule has 2 aromatic rings. The fraction of sp³-hybridized carbons (Fsp3) is 0.0833. The number of carbonyl (C=O) groups is 1. The second-order valence-corrected chi connectivity index (χ2v) is 3.78. The van der Waals surface area contributed by atoms with Gasteiger partial charge in [-0.3, -0.25) is 9.59 Å². The highest BCUT2D eigenvalue weighted by Crippen LogP contribution is 2.09. The van der Waals surface area contributed by atoms with Gasteiger partial charge in [-0.1, -0.05) is 6.07 Å². The van der Waals surface area contributed by atoms with Crippen LogP contribution in [0.2, 0.25) is 0 Å². The number of anilines is 1. The van der Waals surface area contributed by atoms with Gasteiger partial charge in [0.05, 0.1) is 6.42 Å². The van der Waals surface area contributed by atoms with Crippen LogP contribution in [0.3, 0.4) is 0 Å². The van der Waals surface area contributed by atoms with Crippen LogP contribution in [0.4, 0.5) is 14.6 Å². The van der Waals surface area contributed by atoms with Gasteiger partial charge in [-0.05, 0) is 23.8 Å². The van der Waals surface area contributed by atoms with Gasteiger partial charge < -0.3 is 5.32 Å². The number of halogens is 2. The van der Waals surface area contributed by atoms with E-state index < -0.39 is 23.1 Å². The van der Waals surface area contributed by atoms with Crippen LogP contribution in [0.5, 0.6) is 0 Å². The van der Waals surface area contributed by atoms with Crippen molar-refractivity contribution in [3.05, 3.63) is 57.9 Å². The third-order valence-electron chi connectivity index (χ3n) is 2.30. The van der Waals surface area contributed by atoms with Crippen LogP contribution in [-0.4, -0.2) is 16.1 Å². The molecule has 0 atom stereocenters. The molecule has 0 aliphatic carbocycles. The molecule has 1 amide bonds. The van der Waals surface area contributed by atoms with Gasteiger partial charge in [-0.15, -0.1) is 0 Å². The van der Waals surface area contributed by atoms with Crippen molar-refractivity contribution in [2.75, 3.05) is 5.32 Å². The first-order valence-electron chi connectivity index (χ1n) is 5.34. The van der Waals surface area contributed by atoms with Gasteiger partial charge in [-0.2, -0.15) is 5.10 Å². The van der Waals surface area contributed by atoms with E-state index >= 15 is 0 Å². The average Bonchev–Trinajstić information content (AvgIpc) is 2.37. The lowest BCUT2D eigenvalue weighted by Crippen LogP contribution is -2.17. The first-order chi connectivity index (χ1) is 9.04. The monoisotopic (exact) mass is 265 g/mol. The zero-order valence-electron chi connectivity index (χ0n) is 9.61. The summed E-state index contributed by atoms with van der Waals surface area (Å²) >= 11 is 0. The van der Waals surface area contributed by atoms with Crippen molar-refractivity contribution in [1.82, 2.24) is 10.2 Å². The molecule has 0 aliphatic rings. The fourth-order valence-electron chi connectivity index (χ4n) is 1.44. The van der Waals surface area contributed by atoms with Crippen molar-refractivity contribution in [3.8, 4) is 0 Å². The van der Waals surface area contributed by atoms with Crippen LogP contribution in [-0.2, 0) is 11.2 Å². The maximum absolute atomic E-state index is 12.9. The molecule has 0 spiro atoms. The second-order valence-electron chi connectivity index (χ2n) is 3.78. The second kappa shape index (κ2) is 5.38. The summed E-state index contributed by atoms with van der Waals surface area (Å²) in [7, 11) is 0. The summed E-state index contributed by atoms with van der Waals surface area (Å²) in [6, 6.07) is 5.77. The third-order valence-corrected chi connectivity index (χ3v) is 2.30. The van der Waals surface area contributed by atoms with Crippen LogP contribution < -0.4 is 10.9 Å². The van der Waals surface area contributed by atoms with Crippen molar-refractivity contribution in [1.29, 1.82) is 0 Å². The Morgan fingerprint density at radius 3 is 2.63 bits per heavy atom. The summed E-state index contributed by atoms with van der Waals surface area (Å²) in [5.74, 6) is -2.25. The molecule has 5 nitrogen and oxygen atoms in total. The molecular formula is C12H9F2N3O2. The van der Waals surface area contributed by atoms with E-state index in [0.717, 1.165) is 12.1 Å². The summed E-state index contributed by atoms with van der Waals surface area (Å²) in [5.41, 5.74) is -0.0561. The Morgan fingerprint density at radius 1 is 1.21 bits per heavy atom. The molecule has 1 heterocycles. The lowest BCUT2D eigenvalue weighted by molar-refractivity contribution is -0.115. The smallest absolute Gasteiger partial charge is 0.264 e. The van der Waals surface area contributed by atoms with Crippen LogP contribution in [0, 0.1) is 11.6 Å². The van der Waals surface area contributed by atoms with Gasteiger partial charge in [0.25, 0.3) is 5.56 Å². The van der Waals surface area contributed by atoms with Crippen LogP contribution in [0.25, 0.3) is 0 Å². The largest absolute Gasteiger partial charge is 0.309 e. The van der Waals surface area contributed by atoms with Crippen LogP contribution in [0.1, 0.15) is 5.56 Å². The van der Waals surface area contributed by atoms with E-state index in [1.54, 1.807) is 0 Å². The number of amides is 1. The Hall–Kier alpha value is -2.57. The van der Waals surface area contributed by atoms with Crippen LogP contribution >= 0.6 is 0 Å². The van der Waals surface area contributed by atoms with E-state index in [2.05, 4.69) is 15.5 Å². The van der Waals surface area contributed by atoms with E-state index in [-0.39, 0.29) is 12.2 Å². The van der Waals surface area contributed by atoms with E-state index in [1.807, 2.05) is 0 Å². The number of nitrogens with zero attached hydrogens (tertiary/aromatic N) is 1. The van der Waals surface area contributed by atoms with E-state index in [9.17, 15) is 18.4 Å². The molecule has 0 saturated carbocycles. The Labute approximate surface area is 106 Å². The number of aromatic amines is 1. The SMILES string of the molecule is O=C(Cc1ccc(F)c(F)c1)Nc1ccc(=O)[nH]n1. The number of rotatable bonds is 3. The van der Waals surface area contributed by atoms with E-state index in [1.165, 1.54) is 18.2 Å². The molecule has 1 aromatic carbocycles. The topological polar surface area (TPSA) is 74.8 Å². The molecular weight excluding hydrogens is 256 g/mol. The number of carbonyl (C=O) groups excluding carboxylic acids is 1. The predicted molar refractivity (Wildman–Crippen MR) is 63.5 cm³/mol. The van der Waals surface area contributed by atoms with Crippen LogP contribution in [0.15, 0.2) is 35.1 Å². The van der Waals surface area contributed by atoms with Gasteiger partial charge in [0.15, 0.2) is 17.5 Å². The summed E-state index contributed by atoms with van der Waals surface area (Å²) < 4.78 is 25.6. The average molecular weight is 265 g/mol. The van der Waals surface area contributed by atoms with Gasteiger partial charge in [-0.25, -0.2) is 13.9 Å². The Bertz CT molecular complexity index is 650. The normalized spacial score (nSPS) is 10.2. The first kappa shape index (κ1) is 12.9.